The van der Waals surface area contributed by atoms with Crippen molar-refractivity contribution in [3.63, 3.8) is 0 Å². The maximum absolute atomic E-state index is 12.5. The molecule has 0 radical (unpaired) electrons. The van der Waals surface area contributed by atoms with Gasteiger partial charge in [0.05, 0.1) is 0 Å². The van der Waals surface area contributed by atoms with E-state index in [-0.39, 0.29) is 17.9 Å². The topological polar surface area (TPSA) is 55.1 Å². The summed E-state index contributed by atoms with van der Waals surface area (Å²) in [6.07, 6.45) is 4.46. The van der Waals surface area contributed by atoms with Crippen molar-refractivity contribution in [1.29, 1.82) is 0 Å². The summed E-state index contributed by atoms with van der Waals surface area (Å²) < 4.78 is 0. The molecule has 20 heavy (non-hydrogen) atoms. The van der Waals surface area contributed by atoms with E-state index in [0.717, 1.165) is 12.8 Å². The highest BCUT2D eigenvalue weighted by molar-refractivity contribution is 5.79. The normalized spacial score (nSPS) is 28.7. The first-order valence-corrected chi connectivity index (χ1v) is 8.34. The minimum Gasteiger partial charge on any atom is -0.354 e. The standard InChI is InChI=1S/C17H34N2O/c1-11(2)8-14(18)10-19-17(20)16-9-13(5)6-7-15(16)12(3)4/h11-16H,6-10,18H2,1-5H3,(H,19,20)/t13-,14?,15+,16-/m1/s1. The number of carbonyl (C=O) groups is 1. The van der Waals surface area contributed by atoms with E-state index in [1.807, 2.05) is 0 Å². The Morgan fingerprint density at radius 2 is 1.90 bits per heavy atom. The molecular weight excluding hydrogens is 248 g/mol. The summed E-state index contributed by atoms with van der Waals surface area (Å²) in [5.74, 6) is 2.79. The summed E-state index contributed by atoms with van der Waals surface area (Å²) in [5.41, 5.74) is 6.06. The first-order chi connectivity index (χ1) is 9.31. The fraction of sp³-hybridized carbons (Fsp3) is 0.941. The molecule has 1 unspecified atom stereocenters. The van der Waals surface area contributed by atoms with Crippen LogP contribution in [0.2, 0.25) is 0 Å². The second kappa shape index (κ2) is 8.02. The Morgan fingerprint density at radius 1 is 1.25 bits per heavy atom. The van der Waals surface area contributed by atoms with Crippen LogP contribution in [-0.4, -0.2) is 18.5 Å². The van der Waals surface area contributed by atoms with Gasteiger partial charge in [-0.05, 0) is 42.9 Å². The fourth-order valence-electron chi connectivity index (χ4n) is 3.56. The zero-order valence-corrected chi connectivity index (χ0v) is 14.0. The molecule has 0 heterocycles. The van der Waals surface area contributed by atoms with E-state index in [0.29, 0.717) is 30.2 Å². The maximum Gasteiger partial charge on any atom is 0.223 e. The Kier molecular flexibility index (Phi) is 7.01. The predicted molar refractivity (Wildman–Crippen MR) is 85.3 cm³/mol. The van der Waals surface area contributed by atoms with Crippen LogP contribution >= 0.6 is 0 Å². The molecule has 118 valence electrons. The van der Waals surface area contributed by atoms with E-state index < -0.39 is 0 Å². The molecule has 3 N–H and O–H groups in total. The van der Waals surface area contributed by atoms with Crippen LogP contribution in [-0.2, 0) is 4.79 Å². The highest BCUT2D eigenvalue weighted by Crippen LogP contribution is 2.38. The molecule has 3 nitrogen and oxygen atoms in total. The number of rotatable bonds is 6. The minimum atomic E-state index is 0.0810. The van der Waals surface area contributed by atoms with Crippen LogP contribution in [0.4, 0.5) is 0 Å². The van der Waals surface area contributed by atoms with Crippen molar-refractivity contribution in [2.24, 2.45) is 35.3 Å². The third-order valence-electron chi connectivity index (χ3n) is 4.67. The zero-order valence-electron chi connectivity index (χ0n) is 14.0. The van der Waals surface area contributed by atoms with E-state index in [1.54, 1.807) is 0 Å². The van der Waals surface area contributed by atoms with Crippen molar-refractivity contribution >= 4 is 5.91 Å². The van der Waals surface area contributed by atoms with Crippen LogP contribution in [0.25, 0.3) is 0 Å². The molecule has 0 saturated heterocycles. The van der Waals surface area contributed by atoms with Gasteiger partial charge in [-0.15, -0.1) is 0 Å². The van der Waals surface area contributed by atoms with Gasteiger partial charge in [0.1, 0.15) is 0 Å². The van der Waals surface area contributed by atoms with Crippen LogP contribution < -0.4 is 11.1 Å². The molecule has 1 rings (SSSR count). The lowest BCUT2D eigenvalue weighted by molar-refractivity contribution is -0.129. The monoisotopic (exact) mass is 282 g/mol. The Morgan fingerprint density at radius 3 is 2.45 bits per heavy atom. The zero-order chi connectivity index (χ0) is 15.3. The van der Waals surface area contributed by atoms with Crippen molar-refractivity contribution in [3.05, 3.63) is 0 Å². The molecule has 0 spiro atoms. The smallest absolute Gasteiger partial charge is 0.223 e. The molecule has 0 aromatic heterocycles. The number of amides is 1. The molecule has 0 aromatic rings. The summed E-state index contributed by atoms with van der Waals surface area (Å²) in [7, 11) is 0. The lowest BCUT2D eigenvalue weighted by atomic mass is 9.70. The van der Waals surface area contributed by atoms with Crippen LogP contribution in [0.15, 0.2) is 0 Å². The molecule has 1 amide bonds. The van der Waals surface area contributed by atoms with E-state index in [1.165, 1.54) is 12.8 Å². The molecule has 0 bridgehead atoms. The van der Waals surface area contributed by atoms with Crippen molar-refractivity contribution in [1.82, 2.24) is 5.32 Å². The van der Waals surface area contributed by atoms with Crippen LogP contribution in [0, 0.1) is 29.6 Å². The van der Waals surface area contributed by atoms with Crippen LogP contribution in [0.1, 0.15) is 60.3 Å². The second-order valence-electron chi connectivity index (χ2n) is 7.57. The number of hydrogen-bond acceptors (Lipinski definition) is 2. The average Bonchev–Trinajstić information content (AvgIpc) is 2.34. The third-order valence-corrected chi connectivity index (χ3v) is 4.67. The Labute approximate surface area is 125 Å². The van der Waals surface area contributed by atoms with Gasteiger partial charge in [0.15, 0.2) is 0 Å². The first-order valence-electron chi connectivity index (χ1n) is 8.34. The number of hydrogen-bond donors (Lipinski definition) is 2. The summed E-state index contributed by atoms with van der Waals surface area (Å²) >= 11 is 0. The Balaban J connectivity index is 2.50. The summed E-state index contributed by atoms with van der Waals surface area (Å²) in [5, 5.41) is 3.10. The van der Waals surface area contributed by atoms with Gasteiger partial charge in [-0.1, -0.05) is 41.0 Å². The van der Waals surface area contributed by atoms with E-state index in [2.05, 4.69) is 39.9 Å². The SMILES string of the molecule is CC(C)CC(N)CNC(=O)[C@@H]1C[C@H](C)CC[C@H]1C(C)C. The molecule has 1 saturated carbocycles. The van der Waals surface area contributed by atoms with E-state index in [9.17, 15) is 4.79 Å². The van der Waals surface area contributed by atoms with Gasteiger partial charge in [0, 0.05) is 18.5 Å². The number of carbonyl (C=O) groups excluding carboxylic acids is 1. The fourth-order valence-corrected chi connectivity index (χ4v) is 3.56. The quantitative estimate of drug-likeness (QED) is 0.786. The molecule has 3 heteroatoms. The minimum absolute atomic E-state index is 0.0810. The summed E-state index contributed by atoms with van der Waals surface area (Å²) in [6.45, 7) is 11.7. The average molecular weight is 282 g/mol. The van der Waals surface area contributed by atoms with Gasteiger partial charge in [-0.25, -0.2) is 0 Å². The van der Waals surface area contributed by atoms with Crippen molar-refractivity contribution < 1.29 is 4.79 Å². The largest absolute Gasteiger partial charge is 0.354 e. The first kappa shape index (κ1) is 17.5. The van der Waals surface area contributed by atoms with Gasteiger partial charge in [-0.2, -0.15) is 0 Å². The predicted octanol–water partition coefficient (Wildman–Crippen LogP) is 3.18. The van der Waals surface area contributed by atoms with E-state index >= 15 is 0 Å². The summed E-state index contributed by atoms with van der Waals surface area (Å²) in [6, 6.07) is 0.0810. The van der Waals surface area contributed by atoms with E-state index in [4.69, 9.17) is 5.73 Å². The lowest BCUT2D eigenvalue weighted by Crippen LogP contribution is -2.44. The van der Waals surface area contributed by atoms with Crippen molar-refractivity contribution in [2.45, 2.75) is 66.3 Å². The molecule has 0 aliphatic heterocycles. The van der Waals surface area contributed by atoms with Gasteiger partial charge in [0.2, 0.25) is 5.91 Å². The maximum atomic E-state index is 12.5. The van der Waals surface area contributed by atoms with Crippen LogP contribution in [0.5, 0.6) is 0 Å². The van der Waals surface area contributed by atoms with Gasteiger partial charge in [0.25, 0.3) is 0 Å². The van der Waals surface area contributed by atoms with Gasteiger partial charge < -0.3 is 11.1 Å². The van der Waals surface area contributed by atoms with Gasteiger partial charge >= 0.3 is 0 Å². The molecule has 1 aliphatic carbocycles. The highest BCUT2D eigenvalue weighted by atomic mass is 16.1. The van der Waals surface area contributed by atoms with Crippen molar-refractivity contribution in [3.8, 4) is 0 Å². The number of nitrogens with one attached hydrogen (secondary N) is 1. The second-order valence-corrected chi connectivity index (χ2v) is 7.57. The summed E-state index contributed by atoms with van der Waals surface area (Å²) in [4.78, 5) is 12.5. The van der Waals surface area contributed by atoms with Crippen molar-refractivity contribution in [2.75, 3.05) is 6.54 Å². The number of nitrogens with two attached hydrogens (primary N) is 1. The Bertz CT molecular complexity index is 301. The molecule has 0 aromatic carbocycles. The molecule has 1 fully saturated rings. The van der Waals surface area contributed by atoms with Crippen LogP contribution in [0.3, 0.4) is 0 Å². The molecular formula is C17H34N2O. The molecule has 1 aliphatic rings. The van der Waals surface area contributed by atoms with Gasteiger partial charge in [-0.3, -0.25) is 4.79 Å². The lowest BCUT2D eigenvalue weighted by Gasteiger charge is -2.36. The highest BCUT2D eigenvalue weighted by Gasteiger charge is 2.35. The third kappa shape index (κ3) is 5.43. The Hall–Kier alpha value is -0.570. The molecule has 4 atom stereocenters.